The van der Waals surface area contributed by atoms with Crippen molar-refractivity contribution in [3.05, 3.63) is 53.2 Å². The minimum atomic E-state index is -1.09. The number of furan rings is 2. The zero-order valence-corrected chi connectivity index (χ0v) is 12.7. The van der Waals surface area contributed by atoms with Crippen LogP contribution in [0.15, 0.2) is 33.1 Å². The summed E-state index contributed by atoms with van der Waals surface area (Å²) in [6.45, 7) is 1.25. The van der Waals surface area contributed by atoms with Crippen LogP contribution >= 0.6 is 0 Å². The molecule has 2 heterocycles. The highest BCUT2D eigenvalue weighted by molar-refractivity contribution is 6.13. The summed E-state index contributed by atoms with van der Waals surface area (Å²) < 4.78 is 37.3. The maximum atomic E-state index is 13.8. The average Bonchev–Trinajstić information content (AvgIpc) is 3.13. The van der Waals surface area contributed by atoms with Crippen molar-refractivity contribution in [1.29, 1.82) is 0 Å². The molecule has 0 saturated carbocycles. The Labute approximate surface area is 138 Å². The van der Waals surface area contributed by atoms with E-state index in [1.807, 2.05) is 0 Å². The van der Waals surface area contributed by atoms with Crippen molar-refractivity contribution in [1.82, 2.24) is 0 Å². The fourth-order valence-corrected chi connectivity index (χ4v) is 2.25. The van der Waals surface area contributed by atoms with Crippen LogP contribution in [-0.2, 0) is 0 Å². The molecular formula is C16H10F2N2O5. The summed E-state index contributed by atoms with van der Waals surface area (Å²) in [7, 11) is 0. The lowest BCUT2D eigenvalue weighted by atomic mass is 10.2. The van der Waals surface area contributed by atoms with Gasteiger partial charge in [-0.1, -0.05) is 0 Å². The lowest BCUT2D eigenvalue weighted by molar-refractivity contribution is 0.0966. The van der Waals surface area contributed by atoms with Crippen molar-refractivity contribution in [3.8, 4) is 0 Å². The number of carbonyl (C=O) groups is 3. The third-order valence-corrected chi connectivity index (χ3v) is 3.35. The number of primary amides is 1. The molecular weight excluding hydrogens is 338 g/mol. The Bertz CT molecular complexity index is 1030. The summed E-state index contributed by atoms with van der Waals surface area (Å²) in [6, 6.07) is 3.97. The van der Waals surface area contributed by atoms with Gasteiger partial charge in [0.1, 0.15) is 11.5 Å². The number of carbonyl (C=O) groups excluding carboxylic acids is 3. The molecule has 0 aliphatic rings. The highest BCUT2D eigenvalue weighted by Crippen LogP contribution is 2.33. The summed E-state index contributed by atoms with van der Waals surface area (Å²) in [4.78, 5) is 34.9. The predicted molar refractivity (Wildman–Crippen MR) is 81.3 cm³/mol. The van der Waals surface area contributed by atoms with Crippen molar-refractivity contribution in [2.45, 2.75) is 6.92 Å². The van der Waals surface area contributed by atoms with Gasteiger partial charge < -0.3 is 19.9 Å². The molecule has 0 radical (unpaired) electrons. The number of Topliss-reactive ketones (excluding diaryl/α,β-unsaturated/α-hetero) is 1. The predicted octanol–water partition coefficient (Wildman–Crippen LogP) is 2.86. The van der Waals surface area contributed by atoms with E-state index in [9.17, 15) is 23.2 Å². The number of hydrogen-bond donors (Lipinski definition) is 2. The molecule has 3 N–H and O–H groups in total. The number of anilines is 1. The van der Waals surface area contributed by atoms with E-state index in [0.29, 0.717) is 6.07 Å². The van der Waals surface area contributed by atoms with Crippen LogP contribution in [0.2, 0.25) is 0 Å². The summed E-state index contributed by atoms with van der Waals surface area (Å²) in [5.41, 5.74) is 4.42. The van der Waals surface area contributed by atoms with E-state index in [4.69, 9.17) is 14.6 Å². The number of rotatable bonds is 4. The van der Waals surface area contributed by atoms with Crippen molar-refractivity contribution in [2.75, 3.05) is 5.32 Å². The number of nitrogens with one attached hydrogen (secondary N) is 1. The molecule has 25 heavy (non-hydrogen) atoms. The van der Waals surface area contributed by atoms with Crippen molar-refractivity contribution < 1.29 is 32.0 Å². The van der Waals surface area contributed by atoms with Gasteiger partial charge in [-0.15, -0.1) is 0 Å². The van der Waals surface area contributed by atoms with Crippen LogP contribution < -0.4 is 11.1 Å². The second-order valence-electron chi connectivity index (χ2n) is 5.11. The minimum Gasteiger partial charge on any atom is -0.448 e. The van der Waals surface area contributed by atoms with Gasteiger partial charge in [0.05, 0.1) is 5.39 Å². The first-order valence-corrected chi connectivity index (χ1v) is 6.91. The maximum Gasteiger partial charge on any atom is 0.291 e. The number of benzene rings is 1. The van der Waals surface area contributed by atoms with Crippen LogP contribution in [-0.4, -0.2) is 17.6 Å². The minimum absolute atomic E-state index is 0.0468. The third-order valence-electron chi connectivity index (χ3n) is 3.35. The molecule has 2 amide bonds. The normalized spacial score (nSPS) is 10.8. The van der Waals surface area contributed by atoms with E-state index in [0.717, 1.165) is 6.07 Å². The van der Waals surface area contributed by atoms with E-state index < -0.39 is 40.6 Å². The third kappa shape index (κ3) is 2.87. The zero-order chi connectivity index (χ0) is 18.3. The second kappa shape index (κ2) is 5.86. The molecule has 1 aromatic carbocycles. The first kappa shape index (κ1) is 16.4. The Hall–Kier alpha value is -3.49. The molecule has 7 nitrogen and oxygen atoms in total. The lowest BCUT2D eigenvalue weighted by Crippen LogP contribution is -2.16. The van der Waals surface area contributed by atoms with E-state index in [-0.39, 0.29) is 22.6 Å². The number of amides is 2. The van der Waals surface area contributed by atoms with Gasteiger partial charge in [-0.2, -0.15) is 0 Å². The molecule has 0 bridgehead atoms. The van der Waals surface area contributed by atoms with Crippen molar-refractivity contribution in [3.63, 3.8) is 0 Å². The first-order chi connectivity index (χ1) is 11.8. The van der Waals surface area contributed by atoms with Crippen LogP contribution in [0.25, 0.3) is 11.0 Å². The quantitative estimate of drug-likeness (QED) is 0.703. The van der Waals surface area contributed by atoms with Gasteiger partial charge in [0, 0.05) is 13.0 Å². The first-order valence-electron chi connectivity index (χ1n) is 6.91. The second-order valence-corrected chi connectivity index (χ2v) is 5.11. The smallest absolute Gasteiger partial charge is 0.291 e. The molecule has 0 aliphatic heterocycles. The number of fused-ring (bicyclic) bond motifs is 1. The zero-order valence-electron chi connectivity index (χ0n) is 12.7. The Morgan fingerprint density at radius 1 is 1.08 bits per heavy atom. The van der Waals surface area contributed by atoms with Crippen molar-refractivity contribution >= 4 is 34.3 Å². The number of ketones is 1. The molecule has 3 rings (SSSR count). The molecule has 9 heteroatoms. The van der Waals surface area contributed by atoms with Crippen LogP contribution in [0.5, 0.6) is 0 Å². The van der Waals surface area contributed by atoms with Crippen LogP contribution in [0.1, 0.15) is 38.6 Å². The van der Waals surface area contributed by atoms with Crippen LogP contribution in [0, 0.1) is 11.6 Å². The average molecular weight is 348 g/mol. The van der Waals surface area contributed by atoms with Gasteiger partial charge in [0.2, 0.25) is 5.76 Å². The molecule has 0 aliphatic carbocycles. The molecule has 128 valence electrons. The number of hydrogen-bond acceptors (Lipinski definition) is 5. The molecule has 0 atom stereocenters. The van der Waals surface area contributed by atoms with E-state index >= 15 is 0 Å². The van der Waals surface area contributed by atoms with Gasteiger partial charge in [-0.25, -0.2) is 8.78 Å². The van der Waals surface area contributed by atoms with Gasteiger partial charge in [-0.3, -0.25) is 14.4 Å². The molecule has 2 aromatic heterocycles. The molecule has 0 spiro atoms. The Balaban J connectivity index is 2.07. The van der Waals surface area contributed by atoms with E-state index in [2.05, 4.69) is 5.32 Å². The molecule has 3 aromatic rings. The fourth-order valence-electron chi connectivity index (χ4n) is 2.25. The largest absolute Gasteiger partial charge is 0.448 e. The highest BCUT2D eigenvalue weighted by Gasteiger charge is 2.25. The lowest BCUT2D eigenvalue weighted by Gasteiger charge is -2.03. The van der Waals surface area contributed by atoms with E-state index in [1.54, 1.807) is 0 Å². The Kier molecular flexibility index (Phi) is 3.84. The SMILES string of the molecule is CC(=O)c1ccc(C(=O)Nc2c(C(N)=O)oc3c(F)cc(F)cc23)o1. The van der Waals surface area contributed by atoms with Crippen molar-refractivity contribution in [2.24, 2.45) is 5.73 Å². The molecule has 0 fully saturated rings. The van der Waals surface area contributed by atoms with Gasteiger partial charge in [0.25, 0.3) is 11.8 Å². The standard InChI is InChI=1S/C16H10F2N2O5/c1-6(21)10-2-3-11(24-10)16(23)20-12-8-4-7(17)5-9(18)13(8)25-14(12)15(19)22/h2-5H,1H3,(H2,19,22)(H,20,23). The highest BCUT2D eigenvalue weighted by atomic mass is 19.1. The van der Waals surface area contributed by atoms with Crippen LogP contribution in [0.4, 0.5) is 14.5 Å². The topological polar surface area (TPSA) is 116 Å². The summed E-state index contributed by atoms with van der Waals surface area (Å²) in [5.74, 6) is -5.18. The Morgan fingerprint density at radius 3 is 2.36 bits per heavy atom. The number of nitrogens with two attached hydrogens (primary N) is 1. The Morgan fingerprint density at radius 2 is 1.76 bits per heavy atom. The summed E-state index contributed by atoms with van der Waals surface area (Å²) in [5, 5.41) is 2.08. The van der Waals surface area contributed by atoms with Gasteiger partial charge >= 0.3 is 0 Å². The summed E-state index contributed by atoms with van der Waals surface area (Å²) >= 11 is 0. The molecule has 0 unspecified atom stereocenters. The molecule has 0 saturated heterocycles. The van der Waals surface area contributed by atoms with Gasteiger partial charge in [-0.05, 0) is 18.2 Å². The van der Waals surface area contributed by atoms with Crippen LogP contribution in [0.3, 0.4) is 0 Å². The van der Waals surface area contributed by atoms with E-state index in [1.165, 1.54) is 19.1 Å². The number of halogens is 2. The monoisotopic (exact) mass is 348 g/mol. The van der Waals surface area contributed by atoms with Gasteiger partial charge in [0.15, 0.2) is 28.7 Å². The summed E-state index contributed by atoms with van der Waals surface area (Å²) in [6.07, 6.45) is 0. The maximum absolute atomic E-state index is 13.8. The fraction of sp³-hybridized carbons (Fsp3) is 0.0625.